The number of hydrogen-bond acceptors (Lipinski definition) is 3. The van der Waals surface area contributed by atoms with Crippen LogP contribution in [-0.2, 0) is 11.3 Å². The molecule has 1 aromatic carbocycles. The molecule has 4 nitrogen and oxygen atoms in total. The van der Waals surface area contributed by atoms with Crippen molar-refractivity contribution in [2.75, 3.05) is 26.7 Å². The highest BCUT2D eigenvalue weighted by molar-refractivity contribution is 5.69. The Bertz CT molecular complexity index is 496. The van der Waals surface area contributed by atoms with Crippen molar-refractivity contribution < 1.29 is 9.90 Å². The number of rotatable bonds is 5. The third kappa shape index (κ3) is 4.55. The van der Waals surface area contributed by atoms with Crippen LogP contribution in [0.15, 0.2) is 18.2 Å². The fourth-order valence-electron chi connectivity index (χ4n) is 3.40. The molecule has 1 heterocycles. The van der Waals surface area contributed by atoms with Crippen LogP contribution in [-0.4, -0.2) is 53.6 Å². The van der Waals surface area contributed by atoms with E-state index in [4.69, 9.17) is 5.11 Å². The van der Waals surface area contributed by atoms with E-state index in [1.165, 1.54) is 16.7 Å². The smallest absolute Gasteiger partial charge is 0.317 e. The molecule has 1 saturated heterocycles. The van der Waals surface area contributed by atoms with Crippen LogP contribution in [0.4, 0.5) is 0 Å². The number of carboxylic acids is 1. The molecule has 0 aromatic heterocycles. The summed E-state index contributed by atoms with van der Waals surface area (Å²) in [6.07, 6.45) is 3.28. The van der Waals surface area contributed by atoms with Gasteiger partial charge in [-0.25, -0.2) is 0 Å². The summed E-state index contributed by atoms with van der Waals surface area (Å²) in [4.78, 5) is 15.4. The van der Waals surface area contributed by atoms with Crippen LogP contribution in [0.3, 0.4) is 0 Å². The van der Waals surface area contributed by atoms with Crippen molar-refractivity contribution in [2.24, 2.45) is 0 Å². The van der Waals surface area contributed by atoms with Gasteiger partial charge < -0.3 is 5.11 Å². The molecular weight excluding hydrogens is 276 g/mol. The molecule has 122 valence electrons. The van der Waals surface area contributed by atoms with Crippen LogP contribution in [0.1, 0.15) is 36.0 Å². The third-order valence-electron chi connectivity index (χ3n) is 4.82. The lowest BCUT2D eigenvalue weighted by atomic mass is 10.0. The van der Waals surface area contributed by atoms with Gasteiger partial charge in [-0.3, -0.25) is 14.6 Å². The van der Waals surface area contributed by atoms with Crippen molar-refractivity contribution in [3.8, 4) is 0 Å². The van der Waals surface area contributed by atoms with Gasteiger partial charge in [-0.05, 0) is 69.9 Å². The average Bonchev–Trinajstić information content (AvgIpc) is 2.68. The molecule has 1 N–H and O–H groups in total. The second-order valence-electron chi connectivity index (χ2n) is 6.54. The summed E-state index contributed by atoms with van der Waals surface area (Å²) in [5, 5.41) is 8.94. The molecule has 0 saturated carbocycles. The van der Waals surface area contributed by atoms with Crippen molar-refractivity contribution in [1.82, 2.24) is 9.80 Å². The van der Waals surface area contributed by atoms with Gasteiger partial charge in [0.2, 0.25) is 0 Å². The van der Waals surface area contributed by atoms with Gasteiger partial charge in [-0.1, -0.05) is 18.2 Å². The molecule has 1 aliphatic rings. The largest absolute Gasteiger partial charge is 0.480 e. The summed E-state index contributed by atoms with van der Waals surface area (Å²) in [6.45, 7) is 7.66. The Morgan fingerprint density at radius 2 is 1.95 bits per heavy atom. The number of carbonyl (C=O) groups is 1. The minimum Gasteiger partial charge on any atom is -0.480 e. The molecule has 0 aliphatic carbocycles. The van der Waals surface area contributed by atoms with Crippen LogP contribution in [0, 0.1) is 13.8 Å². The predicted molar refractivity (Wildman–Crippen MR) is 89.1 cm³/mol. The zero-order valence-electron chi connectivity index (χ0n) is 14.0. The summed E-state index contributed by atoms with van der Waals surface area (Å²) in [7, 11) is 1.93. The molecule has 22 heavy (non-hydrogen) atoms. The molecule has 1 fully saturated rings. The van der Waals surface area contributed by atoms with E-state index in [0.29, 0.717) is 6.04 Å². The van der Waals surface area contributed by atoms with E-state index in [-0.39, 0.29) is 6.54 Å². The summed E-state index contributed by atoms with van der Waals surface area (Å²) >= 11 is 0. The first kappa shape index (κ1) is 17.0. The summed E-state index contributed by atoms with van der Waals surface area (Å²) < 4.78 is 0. The normalized spacial score (nSPS) is 20.1. The van der Waals surface area contributed by atoms with E-state index in [1.54, 1.807) is 0 Å². The molecule has 1 unspecified atom stereocenters. The van der Waals surface area contributed by atoms with Crippen LogP contribution >= 0.6 is 0 Å². The first-order valence-corrected chi connectivity index (χ1v) is 8.17. The molecule has 4 heteroatoms. The zero-order chi connectivity index (χ0) is 16.1. The summed E-state index contributed by atoms with van der Waals surface area (Å²) in [5.41, 5.74) is 4.17. The molecule has 0 spiro atoms. The number of carboxylic acid groups (broad SMARTS) is 1. The summed E-state index contributed by atoms with van der Waals surface area (Å²) in [6, 6.07) is 6.87. The number of benzene rings is 1. The fraction of sp³-hybridized carbons (Fsp3) is 0.611. The van der Waals surface area contributed by atoms with Crippen LogP contribution in [0.2, 0.25) is 0 Å². The number of likely N-dealkylation sites (tertiary alicyclic amines) is 1. The first-order valence-electron chi connectivity index (χ1n) is 8.17. The molecule has 0 radical (unpaired) electrons. The quantitative estimate of drug-likeness (QED) is 0.908. The second-order valence-corrected chi connectivity index (χ2v) is 6.54. The van der Waals surface area contributed by atoms with E-state index in [9.17, 15) is 4.79 Å². The Morgan fingerprint density at radius 1 is 1.27 bits per heavy atom. The topological polar surface area (TPSA) is 43.8 Å². The fourth-order valence-corrected chi connectivity index (χ4v) is 3.40. The highest BCUT2D eigenvalue weighted by Crippen LogP contribution is 2.20. The van der Waals surface area contributed by atoms with Gasteiger partial charge in [0, 0.05) is 12.6 Å². The first-order chi connectivity index (χ1) is 10.5. The minimum absolute atomic E-state index is 0.140. The lowest BCUT2D eigenvalue weighted by Crippen LogP contribution is -2.36. The van der Waals surface area contributed by atoms with Gasteiger partial charge in [-0.15, -0.1) is 0 Å². The molecule has 1 aromatic rings. The third-order valence-corrected chi connectivity index (χ3v) is 4.82. The maximum atomic E-state index is 10.9. The van der Waals surface area contributed by atoms with E-state index in [0.717, 1.165) is 38.9 Å². The van der Waals surface area contributed by atoms with Gasteiger partial charge in [-0.2, -0.15) is 0 Å². The van der Waals surface area contributed by atoms with Crippen LogP contribution in [0.5, 0.6) is 0 Å². The monoisotopic (exact) mass is 304 g/mol. The zero-order valence-corrected chi connectivity index (χ0v) is 14.0. The van der Waals surface area contributed by atoms with E-state index < -0.39 is 5.97 Å². The SMILES string of the molecule is Cc1cccc(C)c1CN1CCCC(N(C)CC(=O)O)CC1. The molecule has 0 amide bonds. The maximum Gasteiger partial charge on any atom is 0.317 e. The standard InChI is InChI=1S/C18H28N2O2/c1-14-6-4-7-15(2)17(14)12-20-10-5-8-16(9-11-20)19(3)13-18(21)22/h4,6-7,16H,5,8-13H2,1-3H3,(H,21,22). The van der Waals surface area contributed by atoms with Crippen molar-refractivity contribution in [3.05, 3.63) is 34.9 Å². The van der Waals surface area contributed by atoms with Gasteiger partial charge in [0.25, 0.3) is 0 Å². The van der Waals surface area contributed by atoms with Crippen molar-refractivity contribution in [2.45, 2.75) is 45.7 Å². The van der Waals surface area contributed by atoms with E-state index in [1.807, 2.05) is 11.9 Å². The predicted octanol–water partition coefficient (Wildman–Crippen LogP) is 2.67. The molecule has 2 rings (SSSR count). The van der Waals surface area contributed by atoms with Crippen molar-refractivity contribution >= 4 is 5.97 Å². The second kappa shape index (κ2) is 7.75. The lowest BCUT2D eigenvalue weighted by molar-refractivity contribution is -0.138. The van der Waals surface area contributed by atoms with Gasteiger partial charge in [0.15, 0.2) is 0 Å². The number of aryl methyl sites for hydroxylation is 2. The number of aliphatic carboxylic acids is 1. The Morgan fingerprint density at radius 3 is 2.59 bits per heavy atom. The molecule has 1 atom stereocenters. The van der Waals surface area contributed by atoms with Crippen LogP contribution in [0.25, 0.3) is 0 Å². The van der Waals surface area contributed by atoms with E-state index in [2.05, 4.69) is 36.9 Å². The number of nitrogens with zero attached hydrogens (tertiary/aromatic N) is 2. The molecule has 0 bridgehead atoms. The lowest BCUT2D eigenvalue weighted by Gasteiger charge is -2.26. The Hall–Kier alpha value is -1.39. The minimum atomic E-state index is -0.737. The maximum absolute atomic E-state index is 10.9. The Balaban J connectivity index is 1.94. The van der Waals surface area contributed by atoms with Crippen LogP contribution < -0.4 is 0 Å². The summed E-state index contributed by atoms with van der Waals surface area (Å²) in [5.74, 6) is -0.737. The highest BCUT2D eigenvalue weighted by atomic mass is 16.4. The van der Waals surface area contributed by atoms with E-state index >= 15 is 0 Å². The van der Waals surface area contributed by atoms with Crippen molar-refractivity contribution in [3.63, 3.8) is 0 Å². The Kier molecular flexibility index (Phi) is 5.98. The highest BCUT2D eigenvalue weighted by Gasteiger charge is 2.22. The number of likely N-dealkylation sites (N-methyl/N-ethyl adjacent to an activating group) is 1. The van der Waals surface area contributed by atoms with Crippen molar-refractivity contribution in [1.29, 1.82) is 0 Å². The molecule has 1 aliphatic heterocycles. The van der Waals surface area contributed by atoms with Gasteiger partial charge in [0.05, 0.1) is 6.54 Å². The number of hydrogen-bond donors (Lipinski definition) is 1. The molecular formula is C18H28N2O2. The average molecular weight is 304 g/mol. The van der Waals surface area contributed by atoms with Gasteiger partial charge in [0.1, 0.15) is 0 Å². The van der Waals surface area contributed by atoms with Gasteiger partial charge >= 0.3 is 5.97 Å². The Labute approximate surface area is 133 Å².